The molecular weight excluding hydrogens is 424 g/mol. The van der Waals surface area contributed by atoms with Gasteiger partial charge in [-0.2, -0.15) is 0 Å². The van der Waals surface area contributed by atoms with Gasteiger partial charge in [-0.1, -0.05) is 84.5 Å². The summed E-state index contributed by atoms with van der Waals surface area (Å²) in [5.74, 6) is 1.36. The van der Waals surface area contributed by atoms with Crippen LogP contribution in [0.5, 0.6) is 5.75 Å². The molecule has 1 aliphatic heterocycles. The molecular formula is C23H17ClO3S2. The molecule has 3 aromatic carbocycles. The quantitative estimate of drug-likeness (QED) is 0.384. The topological polar surface area (TPSA) is 46.5 Å². The van der Waals surface area contributed by atoms with Gasteiger partial charge in [-0.15, -0.1) is 0 Å². The van der Waals surface area contributed by atoms with Crippen LogP contribution in [0.3, 0.4) is 0 Å². The lowest BCUT2D eigenvalue weighted by Crippen LogP contribution is -2.15. The average Bonchev–Trinajstić information content (AvgIpc) is 2.73. The molecule has 0 saturated carbocycles. The third kappa shape index (κ3) is 4.05. The summed E-state index contributed by atoms with van der Waals surface area (Å²) in [4.78, 5) is 0. The van der Waals surface area contributed by atoms with Crippen LogP contribution in [0.25, 0.3) is 11.3 Å². The van der Waals surface area contributed by atoms with Gasteiger partial charge in [0.25, 0.3) is 0 Å². The molecule has 1 heterocycles. The van der Waals surface area contributed by atoms with Crippen LogP contribution in [0.15, 0.2) is 72.8 Å². The minimum absolute atomic E-state index is 0.0863. The standard InChI is InChI=1S/C23H17ClO3S2/c24-20-7-3-1-6-18(20)22-19(13-28)17-5-2-4-8-21(17)27-23(22)16-11-9-15(10-12-16)14-29(25)26/h1-13,19H,14H2,(H,25,26). The summed E-state index contributed by atoms with van der Waals surface area (Å²) in [6.07, 6.45) is 0. The van der Waals surface area contributed by atoms with E-state index in [0.717, 1.165) is 33.6 Å². The summed E-state index contributed by atoms with van der Waals surface area (Å²) in [7, 11) is 0. The number of ether oxygens (including phenoxy) is 1. The highest BCUT2D eigenvalue weighted by Gasteiger charge is 2.31. The molecule has 0 aliphatic carbocycles. The average molecular weight is 441 g/mol. The Morgan fingerprint density at radius 3 is 2.41 bits per heavy atom. The molecule has 0 spiro atoms. The predicted octanol–water partition coefficient (Wildman–Crippen LogP) is 6.11. The van der Waals surface area contributed by atoms with Gasteiger partial charge in [-0.25, -0.2) is 4.21 Å². The van der Waals surface area contributed by atoms with Crippen molar-refractivity contribution < 1.29 is 13.5 Å². The molecule has 146 valence electrons. The lowest BCUT2D eigenvalue weighted by molar-refractivity contribution is 0.500. The molecule has 0 saturated heterocycles. The maximum absolute atomic E-state index is 11.1. The lowest BCUT2D eigenvalue weighted by atomic mass is 9.83. The molecule has 0 fully saturated rings. The molecule has 2 atom stereocenters. The maximum atomic E-state index is 11.1. The second kappa shape index (κ2) is 8.59. The van der Waals surface area contributed by atoms with Crippen molar-refractivity contribution in [3.63, 3.8) is 0 Å². The molecule has 1 aliphatic rings. The number of benzene rings is 3. The highest BCUT2D eigenvalue weighted by atomic mass is 35.5. The minimum atomic E-state index is -1.88. The van der Waals surface area contributed by atoms with Crippen molar-refractivity contribution in [2.24, 2.45) is 0 Å². The zero-order valence-corrected chi connectivity index (χ0v) is 17.6. The fraction of sp³-hybridized carbons (Fsp3) is 0.0870. The fourth-order valence-corrected chi connectivity index (χ4v) is 4.51. The van der Waals surface area contributed by atoms with Crippen LogP contribution in [0.2, 0.25) is 5.02 Å². The van der Waals surface area contributed by atoms with Gasteiger partial charge >= 0.3 is 0 Å². The molecule has 1 N–H and O–H groups in total. The van der Waals surface area contributed by atoms with Crippen molar-refractivity contribution >= 4 is 51.6 Å². The molecule has 0 aromatic heterocycles. The Kier molecular flexibility index (Phi) is 5.92. The Hall–Kier alpha value is -2.31. The maximum Gasteiger partial charge on any atom is 0.157 e. The van der Waals surface area contributed by atoms with Crippen molar-refractivity contribution in [1.82, 2.24) is 0 Å². The highest BCUT2D eigenvalue weighted by molar-refractivity contribution is 7.79. The summed E-state index contributed by atoms with van der Waals surface area (Å²) >= 11 is 10.1. The Morgan fingerprint density at radius 2 is 1.72 bits per heavy atom. The van der Waals surface area contributed by atoms with E-state index in [0.29, 0.717) is 10.8 Å². The first kappa shape index (κ1) is 20.0. The van der Waals surface area contributed by atoms with Crippen LogP contribution in [0, 0.1) is 0 Å². The second-order valence-electron chi connectivity index (χ2n) is 6.64. The third-order valence-electron chi connectivity index (χ3n) is 4.83. The number of rotatable bonds is 5. The first-order valence-corrected chi connectivity index (χ1v) is 11.1. The first-order chi connectivity index (χ1) is 14.1. The normalized spacial score (nSPS) is 16.7. The zero-order valence-electron chi connectivity index (χ0n) is 15.2. The Bertz CT molecular complexity index is 1120. The van der Waals surface area contributed by atoms with Crippen molar-refractivity contribution in [3.8, 4) is 5.75 Å². The van der Waals surface area contributed by atoms with Crippen LogP contribution < -0.4 is 4.74 Å². The van der Waals surface area contributed by atoms with Gasteiger partial charge in [-0.05, 0) is 23.1 Å². The van der Waals surface area contributed by atoms with E-state index in [1.54, 1.807) is 5.37 Å². The van der Waals surface area contributed by atoms with Crippen LogP contribution >= 0.6 is 23.8 Å². The number of allylic oxidation sites excluding steroid dienone is 1. The monoisotopic (exact) mass is 440 g/mol. The fourth-order valence-electron chi connectivity index (χ4n) is 3.51. The summed E-state index contributed by atoms with van der Waals surface area (Å²) < 4.78 is 26.6. The molecule has 29 heavy (non-hydrogen) atoms. The molecule has 2 unspecified atom stereocenters. The van der Waals surface area contributed by atoms with Crippen molar-refractivity contribution in [1.29, 1.82) is 0 Å². The molecule has 0 radical (unpaired) electrons. The number of hydrogen-bond acceptors (Lipinski definition) is 3. The molecule has 0 amide bonds. The summed E-state index contributed by atoms with van der Waals surface area (Å²) in [5, 5.41) is 2.36. The van der Waals surface area contributed by atoms with Gasteiger partial charge in [0.05, 0.1) is 5.75 Å². The smallest absolute Gasteiger partial charge is 0.157 e. The van der Waals surface area contributed by atoms with Crippen LogP contribution in [0.1, 0.15) is 28.2 Å². The van der Waals surface area contributed by atoms with E-state index in [1.165, 1.54) is 0 Å². The first-order valence-electron chi connectivity index (χ1n) is 8.96. The molecule has 3 nitrogen and oxygen atoms in total. The van der Waals surface area contributed by atoms with Crippen LogP contribution in [0.4, 0.5) is 0 Å². The van der Waals surface area contributed by atoms with E-state index >= 15 is 0 Å². The molecule has 6 heteroatoms. The largest absolute Gasteiger partial charge is 0.456 e. The van der Waals surface area contributed by atoms with E-state index in [-0.39, 0.29) is 11.7 Å². The van der Waals surface area contributed by atoms with Gasteiger partial charge in [-0.3, -0.25) is 0 Å². The summed E-state index contributed by atoms with van der Waals surface area (Å²) in [6, 6.07) is 22.9. The van der Waals surface area contributed by atoms with Gasteiger partial charge in [0.15, 0.2) is 11.1 Å². The number of halogens is 1. The van der Waals surface area contributed by atoms with Crippen molar-refractivity contribution in [2.75, 3.05) is 0 Å². The van der Waals surface area contributed by atoms with E-state index < -0.39 is 11.1 Å². The Morgan fingerprint density at radius 1 is 1.03 bits per heavy atom. The van der Waals surface area contributed by atoms with Crippen LogP contribution in [-0.2, 0) is 16.8 Å². The Labute approximate surface area is 182 Å². The second-order valence-corrected chi connectivity index (χ2v) is 8.25. The Balaban J connectivity index is 1.91. The summed E-state index contributed by atoms with van der Waals surface area (Å²) in [6.45, 7) is 0. The molecule has 3 aromatic rings. The minimum Gasteiger partial charge on any atom is -0.456 e. The van der Waals surface area contributed by atoms with Gasteiger partial charge in [0.1, 0.15) is 11.5 Å². The SMILES string of the molecule is O=S(O)Cc1ccc(C2=C(c3ccccc3Cl)C(C=S)c3ccccc3O2)cc1. The zero-order chi connectivity index (χ0) is 20.4. The molecule has 4 rings (SSSR count). The number of para-hydroxylation sites is 1. The van der Waals surface area contributed by atoms with E-state index in [2.05, 4.69) is 0 Å². The number of fused-ring (bicyclic) bond motifs is 1. The van der Waals surface area contributed by atoms with Crippen LogP contribution in [-0.4, -0.2) is 14.1 Å². The molecule has 0 bridgehead atoms. The van der Waals surface area contributed by atoms with E-state index in [4.69, 9.17) is 33.1 Å². The predicted molar refractivity (Wildman–Crippen MR) is 123 cm³/mol. The van der Waals surface area contributed by atoms with E-state index in [1.807, 2.05) is 72.8 Å². The number of thiocarbonyl (C=S) groups is 1. The third-order valence-corrected chi connectivity index (χ3v) is 6.01. The van der Waals surface area contributed by atoms with Gasteiger partial charge in [0, 0.05) is 33.2 Å². The van der Waals surface area contributed by atoms with Crippen molar-refractivity contribution in [3.05, 3.63) is 100 Å². The highest BCUT2D eigenvalue weighted by Crippen LogP contribution is 2.47. The van der Waals surface area contributed by atoms with E-state index in [9.17, 15) is 4.21 Å². The van der Waals surface area contributed by atoms with Gasteiger partial charge < -0.3 is 9.29 Å². The van der Waals surface area contributed by atoms with Gasteiger partial charge in [0.2, 0.25) is 0 Å². The number of hydrogen-bond donors (Lipinski definition) is 1. The summed E-state index contributed by atoms with van der Waals surface area (Å²) in [5.41, 5.74) is 4.39. The lowest BCUT2D eigenvalue weighted by Gasteiger charge is -2.29. The van der Waals surface area contributed by atoms with Crippen molar-refractivity contribution in [2.45, 2.75) is 11.7 Å².